The standard InChI is InChI=1S/C21H27NO2S/c1-2-3-13-24-19-8-6-17(7-9-19)20(23)22-16-21(11-4-5-12-21)18-10-14-25-15-18/h6-10,14-15H,2-5,11-13,16H2,1H3,(H,22,23). The topological polar surface area (TPSA) is 38.3 Å². The minimum atomic E-state index is 0.00149. The maximum absolute atomic E-state index is 12.5. The Morgan fingerprint density at radius 3 is 2.60 bits per heavy atom. The van der Waals surface area contributed by atoms with Crippen molar-refractivity contribution in [3.8, 4) is 5.75 Å². The fourth-order valence-corrected chi connectivity index (χ4v) is 4.35. The molecule has 1 amide bonds. The maximum atomic E-state index is 12.5. The van der Waals surface area contributed by atoms with Crippen LogP contribution in [-0.2, 0) is 5.41 Å². The third kappa shape index (κ3) is 4.43. The molecule has 1 aromatic carbocycles. The number of benzene rings is 1. The van der Waals surface area contributed by atoms with E-state index in [1.54, 1.807) is 11.3 Å². The van der Waals surface area contributed by atoms with E-state index >= 15 is 0 Å². The lowest BCUT2D eigenvalue weighted by Gasteiger charge is -2.28. The number of nitrogens with one attached hydrogen (secondary N) is 1. The molecule has 0 unspecified atom stereocenters. The first-order valence-electron chi connectivity index (χ1n) is 9.27. The maximum Gasteiger partial charge on any atom is 0.251 e. The number of ether oxygens (including phenoxy) is 1. The van der Waals surface area contributed by atoms with Gasteiger partial charge < -0.3 is 10.1 Å². The average Bonchev–Trinajstić information content (AvgIpc) is 3.33. The highest BCUT2D eigenvalue weighted by Gasteiger charge is 2.36. The summed E-state index contributed by atoms with van der Waals surface area (Å²) in [5, 5.41) is 7.54. The van der Waals surface area contributed by atoms with Gasteiger partial charge in [-0.3, -0.25) is 4.79 Å². The van der Waals surface area contributed by atoms with Crippen molar-refractivity contribution in [3.05, 3.63) is 52.2 Å². The Balaban J connectivity index is 1.58. The molecule has 1 aromatic heterocycles. The first-order chi connectivity index (χ1) is 12.2. The van der Waals surface area contributed by atoms with Crippen molar-refractivity contribution >= 4 is 17.2 Å². The summed E-state index contributed by atoms with van der Waals surface area (Å²) in [5.41, 5.74) is 2.20. The fraction of sp³-hybridized carbons (Fsp3) is 0.476. The first kappa shape index (κ1) is 18.0. The van der Waals surface area contributed by atoms with E-state index in [-0.39, 0.29) is 11.3 Å². The first-order valence-corrected chi connectivity index (χ1v) is 10.2. The van der Waals surface area contributed by atoms with Crippen molar-refractivity contribution < 1.29 is 9.53 Å². The molecule has 1 fully saturated rings. The van der Waals surface area contributed by atoms with Gasteiger partial charge in [0, 0.05) is 17.5 Å². The molecule has 0 atom stereocenters. The van der Waals surface area contributed by atoms with Crippen LogP contribution in [0.3, 0.4) is 0 Å². The number of hydrogen-bond acceptors (Lipinski definition) is 3. The number of hydrogen-bond donors (Lipinski definition) is 1. The summed E-state index contributed by atoms with van der Waals surface area (Å²) in [4.78, 5) is 12.5. The zero-order valence-electron chi connectivity index (χ0n) is 14.9. The minimum Gasteiger partial charge on any atom is -0.494 e. The van der Waals surface area contributed by atoms with Gasteiger partial charge in [0.2, 0.25) is 0 Å². The van der Waals surface area contributed by atoms with Gasteiger partial charge in [-0.25, -0.2) is 0 Å². The summed E-state index contributed by atoms with van der Waals surface area (Å²) in [6, 6.07) is 9.68. The molecule has 1 heterocycles. The second-order valence-corrected chi connectivity index (χ2v) is 7.69. The normalized spacial score (nSPS) is 15.9. The van der Waals surface area contributed by atoms with Gasteiger partial charge in [0.15, 0.2) is 0 Å². The molecule has 134 valence electrons. The second-order valence-electron chi connectivity index (χ2n) is 6.91. The molecular weight excluding hydrogens is 330 g/mol. The summed E-state index contributed by atoms with van der Waals surface area (Å²) in [6.45, 7) is 3.59. The third-order valence-corrected chi connectivity index (χ3v) is 5.85. The molecule has 0 spiro atoms. The number of carbonyl (C=O) groups is 1. The van der Waals surface area contributed by atoms with E-state index in [4.69, 9.17) is 4.74 Å². The van der Waals surface area contributed by atoms with Gasteiger partial charge in [-0.15, -0.1) is 0 Å². The molecule has 1 saturated carbocycles. The molecule has 1 N–H and O–H groups in total. The van der Waals surface area contributed by atoms with Crippen molar-refractivity contribution in [2.24, 2.45) is 0 Å². The SMILES string of the molecule is CCCCOc1ccc(C(=O)NCC2(c3ccsc3)CCCC2)cc1. The van der Waals surface area contributed by atoms with Crippen LogP contribution in [0.2, 0.25) is 0 Å². The van der Waals surface area contributed by atoms with E-state index in [1.807, 2.05) is 24.3 Å². The minimum absolute atomic E-state index is 0.00149. The van der Waals surface area contributed by atoms with Crippen molar-refractivity contribution in [3.63, 3.8) is 0 Å². The van der Waals surface area contributed by atoms with E-state index in [2.05, 4.69) is 29.1 Å². The molecule has 0 bridgehead atoms. The van der Waals surface area contributed by atoms with Crippen LogP contribution in [0.4, 0.5) is 0 Å². The van der Waals surface area contributed by atoms with E-state index in [9.17, 15) is 4.79 Å². The summed E-state index contributed by atoms with van der Waals surface area (Å²) in [6.07, 6.45) is 6.98. The van der Waals surface area contributed by atoms with Gasteiger partial charge in [-0.1, -0.05) is 26.2 Å². The molecule has 3 nitrogen and oxygen atoms in total. The molecule has 0 radical (unpaired) electrons. The fourth-order valence-electron chi connectivity index (χ4n) is 3.57. The van der Waals surface area contributed by atoms with Gasteiger partial charge in [-0.2, -0.15) is 11.3 Å². The quantitative estimate of drug-likeness (QED) is 0.662. The largest absolute Gasteiger partial charge is 0.494 e. The van der Waals surface area contributed by atoms with Gasteiger partial charge in [0.05, 0.1) is 6.61 Å². The monoisotopic (exact) mass is 357 g/mol. The van der Waals surface area contributed by atoms with E-state index in [1.165, 1.54) is 18.4 Å². The Hall–Kier alpha value is -1.81. The van der Waals surface area contributed by atoms with E-state index in [0.29, 0.717) is 5.56 Å². The van der Waals surface area contributed by atoms with Gasteiger partial charge >= 0.3 is 0 Å². The lowest BCUT2D eigenvalue weighted by atomic mass is 9.80. The number of unbranched alkanes of at least 4 members (excludes halogenated alkanes) is 1. The van der Waals surface area contributed by atoms with Crippen molar-refractivity contribution in [1.29, 1.82) is 0 Å². The van der Waals surface area contributed by atoms with Crippen molar-refractivity contribution in [1.82, 2.24) is 5.32 Å². The van der Waals surface area contributed by atoms with Crippen LogP contribution in [0.25, 0.3) is 0 Å². The van der Waals surface area contributed by atoms with Crippen molar-refractivity contribution in [2.45, 2.75) is 50.9 Å². The lowest BCUT2D eigenvalue weighted by Crippen LogP contribution is -2.38. The summed E-state index contributed by atoms with van der Waals surface area (Å²) >= 11 is 1.74. The summed E-state index contributed by atoms with van der Waals surface area (Å²) in [7, 11) is 0. The predicted molar refractivity (Wildman–Crippen MR) is 104 cm³/mol. The van der Waals surface area contributed by atoms with Crippen LogP contribution >= 0.6 is 11.3 Å². The Labute approximate surface area is 154 Å². The summed E-state index contributed by atoms with van der Waals surface area (Å²) < 4.78 is 5.66. The Morgan fingerprint density at radius 2 is 1.96 bits per heavy atom. The number of rotatable bonds is 8. The van der Waals surface area contributed by atoms with Crippen LogP contribution in [0, 0.1) is 0 Å². The van der Waals surface area contributed by atoms with Crippen LogP contribution in [0.1, 0.15) is 61.4 Å². The second kappa shape index (κ2) is 8.52. The number of amides is 1. The Bertz CT molecular complexity index is 658. The number of carbonyl (C=O) groups excluding carboxylic acids is 1. The zero-order chi connectivity index (χ0) is 17.5. The van der Waals surface area contributed by atoms with Gasteiger partial charge in [0.25, 0.3) is 5.91 Å². The molecule has 3 rings (SSSR count). The highest BCUT2D eigenvalue weighted by molar-refractivity contribution is 7.08. The molecular formula is C21H27NO2S. The molecule has 1 aliphatic rings. The molecule has 25 heavy (non-hydrogen) atoms. The molecule has 0 saturated heterocycles. The van der Waals surface area contributed by atoms with E-state index in [0.717, 1.165) is 44.6 Å². The van der Waals surface area contributed by atoms with Crippen LogP contribution < -0.4 is 10.1 Å². The van der Waals surface area contributed by atoms with E-state index < -0.39 is 0 Å². The highest BCUT2D eigenvalue weighted by atomic mass is 32.1. The molecule has 2 aromatic rings. The zero-order valence-corrected chi connectivity index (χ0v) is 15.7. The van der Waals surface area contributed by atoms with Gasteiger partial charge in [0.1, 0.15) is 5.75 Å². The number of thiophene rings is 1. The summed E-state index contributed by atoms with van der Waals surface area (Å²) in [5.74, 6) is 0.831. The molecule has 0 aliphatic heterocycles. The van der Waals surface area contributed by atoms with Crippen LogP contribution in [0.5, 0.6) is 5.75 Å². The van der Waals surface area contributed by atoms with Crippen LogP contribution in [0.15, 0.2) is 41.1 Å². The Morgan fingerprint density at radius 1 is 1.20 bits per heavy atom. The highest BCUT2D eigenvalue weighted by Crippen LogP contribution is 2.41. The van der Waals surface area contributed by atoms with Crippen LogP contribution in [-0.4, -0.2) is 19.1 Å². The smallest absolute Gasteiger partial charge is 0.251 e. The van der Waals surface area contributed by atoms with Gasteiger partial charge in [-0.05, 0) is 65.9 Å². The van der Waals surface area contributed by atoms with Crippen molar-refractivity contribution in [2.75, 3.05) is 13.2 Å². The average molecular weight is 358 g/mol. The molecule has 1 aliphatic carbocycles. The Kier molecular flexibility index (Phi) is 6.14. The molecule has 4 heteroatoms. The lowest BCUT2D eigenvalue weighted by molar-refractivity contribution is 0.0943. The third-order valence-electron chi connectivity index (χ3n) is 5.16. The predicted octanol–water partition coefficient (Wildman–Crippen LogP) is 5.17.